The average Bonchev–Trinajstić information content (AvgIpc) is 2.40. The van der Waals surface area contributed by atoms with E-state index in [0.29, 0.717) is 6.10 Å². The second-order valence-electron chi connectivity index (χ2n) is 5.43. The lowest BCUT2D eigenvalue weighted by atomic mass is 9.89. The highest BCUT2D eigenvalue weighted by molar-refractivity contribution is 5.14. The van der Waals surface area contributed by atoms with Crippen LogP contribution in [-0.4, -0.2) is 19.3 Å². The van der Waals surface area contributed by atoms with E-state index < -0.39 is 0 Å². The van der Waals surface area contributed by atoms with E-state index in [1.54, 1.807) is 0 Å². The molecule has 0 aliphatic heterocycles. The van der Waals surface area contributed by atoms with Crippen LogP contribution in [0.2, 0.25) is 0 Å². The first-order valence-corrected chi connectivity index (χ1v) is 7.21. The summed E-state index contributed by atoms with van der Waals surface area (Å²) in [4.78, 5) is 0. The molecule has 1 N–H and O–H groups in total. The van der Waals surface area contributed by atoms with Gasteiger partial charge in [0.15, 0.2) is 0 Å². The summed E-state index contributed by atoms with van der Waals surface area (Å²) in [5.41, 5.74) is 1.34. The summed E-state index contributed by atoms with van der Waals surface area (Å²) in [6.07, 6.45) is 5.73. The van der Waals surface area contributed by atoms with Crippen molar-refractivity contribution in [3.63, 3.8) is 0 Å². The molecule has 2 rings (SSSR count). The van der Waals surface area contributed by atoms with Gasteiger partial charge in [-0.05, 0) is 24.3 Å². The van der Waals surface area contributed by atoms with E-state index in [2.05, 4.69) is 42.6 Å². The van der Waals surface area contributed by atoms with Gasteiger partial charge >= 0.3 is 0 Å². The summed E-state index contributed by atoms with van der Waals surface area (Å²) in [5, 5.41) is 3.43. The van der Waals surface area contributed by atoms with Crippen LogP contribution in [0, 0.1) is 5.92 Å². The monoisotopic (exact) mass is 247 g/mol. The van der Waals surface area contributed by atoms with Gasteiger partial charge in [0.25, 0.3) is 0 Å². The van der Waals surface area contributed by atoms with Crippen LogP contribution in [0.1, 0.15) is 38.2 Å². The summed E-state index contributed by atoms with van der Waals surface area (Å²) in [5.74, 6) is 0.848. The first-order valence-electron chi connectivity index (χ1n) is 7.21. The Labute approximate surface area is 111 Å². The number of ether oxygens (including phenoxy) is 1. The van der Waals surface area contributed by atoms with Crippen molar-refractivity contribution in [2.45, 2.75) is 45.3 Å². The Bertz CT molecular complexity index is 325. The van der Waals surface area contributed by atoms with Gasteiger partial charge in [-0.25, -0.2) is 0 Å². The third-order valence-electron chi connectivity index (χ3n) is 3.69. The summed E-state index contributed by atoms with van der Waals surface area (Å²) < 4.78 is 5.93. The number of hydrogen-bond donors (Lipinski definition) is 1. The van der Waals surface area contributed by atoms with E-state index >= 15 is 0 Å². The van der Waals surface area contributed by atoms with Crippen molar-refractivity contribution >= 4 is 0 Å². The molecule has 1 saturated carbocycles. The number of hydrogen-bond acceptors (Lipinski definition) is 2. The van der Waals surface area contributed by atoms with E-state index in [9.17, 15) is 0 Å². The fraction of sp³-hybridized carbons (Fsp3) is 0.625. The fourth-order valence-electron chi connectivity index (χ4n) is 2.66. The molecule has 0 aromatic heterocycles. The molecule has 0 heterocycles. The van der Waals surface area contributed by atoms with Crippen molar-refractivity contribution in [3.05, 3.63) is 35.9 Å². The maximum atomic E-state index is 5.93. The largest absolute Gasteiger partial charge is 0.377 e. The second kappa shape index (κ2) is 7.55. The summed E-state index contributed by atoms with van der Waals surface area (Å²) in [6.45, 7) is 5.05. The Hall–Kier alpha value is -0.860. The predicted molar refractivity (Wildman–Crippen MR) is 75.5 cm³/mol. The average molecular weight is 247 g/mol. The molecule has 2 heteroatoms. The van der Waals surface area contributed by atoms with Gasteiger partial charge in [-0.15, -0.1) is 0 Å². The maximum Gasteiger partial charge on any atom is 0.0594 e. The Morgan fingerprint density at radius 2 is 2.06 bits per heavy atom. The summed E-state index contributed by atoms with van der Waals surface area (Å²) >= 11 is 0. The van der Waals surface area contributed by atoms with Crippen LogP contribution in [0.3, 0.4) is 0 Å². The van der Waals surface area contributed by atoms with Crippen LogP contribution >= 0.6 is 0 Å². The third kappa shape index (κ3) is 4.79. The number of rotatable bonds is 6. The molecule has 18 heavy (non-hydrogen) atoms. The molecule has 1 aromatic rings. The molecule has 1 aromatic carbocycles. The molecular formula is C16H25NO. The van der Waals surface area contributed by atoms with E-state index in [1.807, 2.05) is 0 Å². The molecule has 1 aliphatic rings. The summed E-state index contributed by atoms with van der Waals surface area (Å²) in [7, 11) is 0. The lowest BCUT2D eigenvalue weighted by Gasteiger charge is -2.26. The summed E-state index contributed by atoms with van der Waals surface area (Å²) in [6, 6.07) is 10.5. The molecule has 1 fully saturated rings. The van der Waals surface area contributed by atoms with Gasteiger partial charge in [0, 0.05) is 13.1 Å². The minimum atomic E-state index is 0.507. The maximum absolute atomic E-state index is 5.93. The van der Waals surface area contributed by atoms with E-state index in [-0.39, 0.29) is 0 Å². The van der Waals surface area contributed by atoms with Crippen LogP contribution in [-0.2, 0) is 11.3 Å². The highest BCUT2D eigenvalue weighted by atomic mass is 16.5. The topological polar surface area (TPSA) is 21.3 Å². The van der Waals surface area contributed by atoms with E-state index in [0.717, 1.165) is 25.6 Å². The van der Waals surface area contributed by atoms with Gasteiger partial charge in [-0.2, -0.15) is 0 Å². The Morgan fingerprint density at radius 1 is 1.22 bits per heavy atom. The van der Waals surface area contributed by atoms with E-state index in [1.165, 1.54) is 31.2 Å². The highest BCUT2D eigenvalue weighted by Gasteiger charge is 2.18. The Balaban J connectivity index is 1.53. The molecule has 2 atom stereocenters. The molecular weight excluding hydrogens is 222 g/mol. The molecule has 2 unspecified atom stereocenters. The highest BCUT2D eigenvalue weighted by Crippen LogP contribution is 2.25. The number of nitrogens with one attached hydrogen (secondary N) is 1. The lowest BCUT2D eigenvalue weighted by Crippen LogP contribution is -2.26. The van der Waals surface area contributed by atoms with Crippen LogP contribution in [0.15, 0.2) is 30.3 Å². The molecule has 0 saturated heterocycles. The van der Waals surface area contributed by atoms with Crippen molar-refractivity contribution < 1.29 is 4.74 Å². The van der Waals surface area contributed by atoms with Gasteiger partial charge in [0.05, 0.1) is 12.7 Å². The zero-order chi connectivity index (χ0) is 12.6. The van der Waals surface area contributed by atoms with E-state index in [4.69, 9.17) is 4.74 Å². The van der Waals surface area contributed by atoms with Crippen LogP contribution in [0.4, 0.5) is 0 Å². The molecule has 100 valence electrons. The molecule has 0 spiro atoms. The lowest BCUT2D eigenvalue weighted by molar-refractivity contribution is 0.0173. The van der Waals surface area contributed by atoms with Gasteiger partial charge in [0.2, 0.25) is 0 Å². The second-order valence-corrected chi connectivity index (χ2v) is 5.43. The quantitative estimate of drug-likeness (QED) is 0.778. The smallest absolute Gasteiger partial charge is 0.0594 e. The third-order valence-corrected chi connectivity index (χ3v) is 3.69. The predicted octanol–water partition coefficient (Wildman–Crippen LogP) is 3.37. The fourth-order valence-corrected chi connectivity index (χ4v) is 2.66. The van der Waals surface area contributed by atoms with Crippen LogP contribution in [0.5, 0.6) is 0 Å². The number of benzene rings is 1. The standard InChI is InChI=1S/C16H25NO/c1-14-6-5-9-16(12-14)18-11-10-17-13-15-7-3-2-4-8-15/h2-4,7-8,14,16-17H,5-6,9-13H2,1H3. The van der Waals surface area contributed by atoms with Gasteiger partial charge in [0.1, 0.15) is 0 Å². The van der Waals surface area contributed by atoms with Crippen molar-refractivity contribution in [3.8, 4) is 0 Å². The molecule has 2 nitrogen and oxygen atoms in total. The Kier molecular flexibility index (Phi) is 5.69. The van der Waals surface area contributed by atoms with Crippen molar-refractivity contribution in [2.75, 3.05) is 13.2 Å². The molecule has 0 radical (unpaired) electrons. The molecule has 1 aliphatic carbocycles. The van der Waals surface area contributed by atoms with Gasteiger partial charge < -0.3 is 10.1 Å². The molecule has 0 amide bonds. The zero-order valence-electron chi connectivity index (χ0n) is 11.4. The van der Waals surface area contributed by atoms with Gasteiger partial charge in [-0.3, -0.25) is 0 Å². The van der Waals surface area contributed by atoms with Gasteiger partial charge in [-0.1, -0.05) is 50.1 Å². The SMILES string of the molecule is CC1CCCC(OCCNCc2ccccc2)C1. The normalized spacial score (nSPS) is 24.1. The van der Waals surface area contributed by atoms with Crippen molar-refractivity contribution in [2.24, 2.45) is 5.92 Å². The Morgan fingerprint density at radius 3 is 2.83 bits per heavy atom. The van der Waals surface area contributed by atoms with Crippen molar-refractivity contribution in [1.29, 1.82) is 0 Å². The molecule has 0 bridgehead atoms. The minimum absolute atomic E-state index is 0.507. The minimum Gasteiger partial charge on any atom is -0.377 e. The van der Waals surface area contributed by atoms with Crippen LogP contribution < -0.4 is 5.32 Å². The van der Waals surface area contributed by atoms with Crippen LogP contribution in [0.25, 0.3) is 0 Å². The zero-order valence-corrected chi connectivity index (χ0v) is 11.4. The first kappa shape index (κ1) is 13.6. The van der Waals surface area contributed by atoms with Crippen molar-refractivity contribution in [1.82, 2.24) is 5.32 Å². The first-order chi connectivity index (χ1) is 8.84.